The summed E-state index contributed by atoms with van der Waals surface area (Å²) in [6.45, 7) is 0.926. The zero-order valence-corrected chi connectivity index (χ0v) is 17.6. The van der Waals surface area contributed by atoms with Crippen LogP contribution in [0, 0.1) is 0 Å². The van der Waals surface area contributed by atoms with E-state index >= 15 is 0 Å². The molecule has 0 unspecified atom stereocenters. The van der Waals surface area contributed by atoms with Crippen molar-refractivity contribution in [1.29, 1.82) is 0 Å². The van der Waals surface area contributed by atoms with E-state index in [0.717, 1.165) is 11.1 Å². The number of thioether (sulfide) groups is 2. The lowest BCUT2D eigenvalue weighted by molar-refractivity contribution is 0.0697. The molecule has 2 amide bonds. The molecule has 4 heterocycles. The molecule has 3 aromatic heterocycles. The lowest BCUT2D eigenvalue weighted by atomic mass is 10.0. The highest BCUT2D eigenvalue weighted by Crippen LogP contribution is 2.27. The van der Waals surface area contributed by atoms with Gasteiger partial charge in [-0.15, -0.1) is 0 Å². The summed E-state index contributed by atoms with van der Waals surface area (Å²) in [5, 5.41) is 4.18. The lowest BCUT2D eigenvalue weighted by Crippen LogP contribution is -2.36. The number of carbonyl (C=O) groups is 2. The summed E-state index contributed by atoms with van der Waals surface area (Å²) < 4.78 is 11.1. The summed E-state index contributed by atoms with van der Waals surface area (Å²) in [5.41, 5.74) is 1.89. The molecule has 7 nitrogen and oxygen atoms in total. The van der Waals surface area contributed by atoms with Crippen LogP contribution in [0.25, 0.3) is 0 Å². The third-order valence-corrected chi connectivity index (χ3v) is 5.92. The van der Waals surface area contributed by atoms with Crippen molar-refractivity contribution in [3.05, 3.63) is 59.2 Å². The molecule has 150 valence electrons. The van der Waals surface area contributed by atoms with Crippen molar-refractivity contribution in [2.75, 3.05) is 24.4 Å². The van der Waals surface area contributed by atoms with Gasteiger partial charge in [0, 0.05) is 18.3 Å². The number of aromatic nitrogens is 1. The zero-order valence-electron chi connectivity index (χ0n) is 15.9. The Bertz CT molecular complexity index is 1060. The van der Waals surface area contributed by atoms with E-state index in [2.05, 4.69) is 10.3 Å². The number of carbonyl (C=O) groups excluding carboxylic acids is 2. The summed E-state index contributed by atoms with van der Waals surface area (Å²) in [6, 6.07) is 8.78. The number of nitrogens with zero attached hydrogens (tertiary/aromatic N) is 2. The van der Waals surface area contributed by atoms with Gasteiger partial charge in [0.1, 0.15) is 5.82 Å². The molecular weight excluding hydrogens is 410 g/mol. The van der Waals surface area contributed by atoms with E-state index in [0.29, 0.717) is 41.3 Å². The second-order valence-corrected chi connectivity index (χ2v) is 7.99. The van der Waals surface area contributed by atoms with Crippen LogP contribution in [0.4, 0.5) is 5.82 Å². The van der Waals surface area contributed by atoms with E-state index in [4.69, 9.17) is 8.83 Å². The molecule has 4 rings (SSSR count). The number of rotatable bonds is 5. The van der Waals surface area contributed by atoms with Gasteiger partial charge in [-0.05, 0) is 54.8 Å². The van der Waals surface area contributed by atoms with Gasteiger partial charge in [-0.25, -0.2) is 4.98 Å². The Kier molecular flexibility index (Phi) is 5.68. The fourth-order valence-corrected chi connectivity index (χ4v) is 3.93. The maximum Gasteiger partial charge on any atom is 0.292 e. The van der Waals surface area contributed by atoms with E-state index in [-0.39, 0.29) is 17.6 Å². The summed E-state index contributed by atoms with van der Waals surface area (Å²) in [5.74, 6) is 0.430. The summed E-state index contributed by atoms with van der Waals surface area (Å²) in [7, 11) is 0. The Morgan fingerprint density at radius 3 is 2.41 bits per heavy atom. The van der Waals surface area contributed by atoms with E-state index < -0.39 is 0 Å². The highest BCUT2D eigenvalue weighted by atomic mass is 32.2. The van der Waals surface area contributed by atoms with E-state index in [1.807, 2.05) is 18.6 Å². The lowest BCUT2D eigenvalue weighted by Gasteiger charge is -2.29. The fourth-order valence-electron chi connectivity index (χ4n) is 3.17. The van der Waals surface area contributed by atoms with Crippen LogP contribution in [0.3, 0.4) is 0 Å². The van der Waals surface area contributed by atoms with Crippen LogP contribution in [-0.4, -0.2) is 40.8 Å². The van der Waals surface area contributed by atoms with Crippen LogP contribution in [0.15, 0.2) is 55.5 Å². The average Bonchev–Trinajstić information content (AvgIpc) is 3.42. The monoisotopic (exact) mass is 429 g/mol. The van der Waals surface area contributed by atoms with Gasteiger partial charge in [0.2, 0.25) is 0 Å². The van der Waals surface area contributed by atoms with Crippen molar-refractivity contribution >= 4 is 41.2 Å². The highest BCUT2D eigenvalue weighted by Gasteiger charge is 2.27. The minimum atomic E-state index is -0.370. The number of hydrogen-bond donors (Lipinski definition) is 1. The number of hydrogen-bond acceptors (Lipinski definition) is 7. The van der Waals surface area contributed by atoms with Gasteiger partial charge in [0.15, 0.2) is 21.7 Å². The summed E-state index contributed by atoms with van der Waals surface area (Å²) in [6.07, 6.45) is 6.12. The summed E-state index contributed by atoms with van der Waals surface area (Å²) in [4.78, 5) is 31.4. The van der Waals surface area contributed by atoms with Crippen molar-refractivity contribution in [2.45, 2.75) is 23.2 Å². The molecule has 1 N–H and O–H groups in total. The molecule has 0 bridgehead atoms. The number of nitrogens with one attached hydrogen (secondary N) is 1. The summed E-state index contributed by atoms with van der Waals surface area (Å²) >= 11 is 2.87. The molecule has 0 aromatic carbocycles. The topological polar surface area (TPSA) is 88.6 Å². The van der Waals surface area contributed by atoms with Gasteiger partial charge >= 0.3 is 0 Å². The molecular formula is C20H19N3O4S2. The number of fused-ring (bicyclic) bond motifs is 1. The number of amides is 2. The van der Waals surface area contributed by atoms with Gasteiger partial charge in [-0.3, -0.25) is 9.59 Å². The van der Waals surface area contributed by atoms with Gasteiger partial charge in [0.25, 0.3) is 11.8 Å². The van der Waals surface area contributed by atoms with Crippen molar-refractivity contribution in [3.8, 4) is 0 Å². The fraction of sp³-hybridized carbons (Fsp3) is 0.250. The van der Waals surface area contributed by atoms with Gasteiger partial charge < -0.3 is 19.1 Å². The number of anilines is 1. The molecule has 3 aromatic rings. The molecule has 1 aliphatic rings. The number of pyridine rings is 1. The second kappa shape index (κ2) is 8.38. The third kappa shape index (κ3) is 4.06. The second-order valence-electron chi connectivity index (χ2n) is 6.37. The SMILES string of the molecule is CSc1ccc(C(=O)Nc2nccc3c2CN(C(=O)c2ccc(SC)o2)CC3)o1. The maximum atomic E-state index is 12.8. The van der Waals surface area contributed by atoms with Gasteiger partial charge in [-0.1, -0.05) is 23.5 Å². The smallest absolute Gasteiger partial charge is 0.292 e. The van der Waals surface area contributed by atoms with Crippen LogP contribution < -0.4 is 5.32 Å². The molecule has 9 heteroatoms. The van der Waals surface area contributed by atoms with Crippen molar-refractivity contribution in [3.63, 3.8) is 0 Å². The largest absolute Gasteiger partial charge is 0.445 e. The Balaban J connectivity index is 1.54. The minimum absolute atomic E-state index is 0.173. The average molecular weight is 430 g/mol. The molecule has 0 saturated heterocycles. The third-order valence-electron chi connectivity index (χ3n) is 4.67. The Morgan fingerprint density at radius 2 is 1.72 bits per heavy atom. The van der Waals surface area contributed by atoms with Crippen molar-refractivity contribution in [1.82, 2.24) is 9.88 Å². The molecule has 1 aliphatic heterocycles. The molecule has 0 spiro atoms. The first-order valence-electron chi connectivity index (χ1n) is 8.94. The predicted octanol–water partition coefficient (Wildman–Crippen LogP) is 4.16. The Morgan fingerprint density at radius 1 is 1.03 bits per heavy atom. The maximum absolute atomic E-state index is 12.8. The first-order valence-corrected chi connectivity index (χ1v) is 11.4. The standard InChI is InChI=1S/C20H19N3O4S2/c1-28-16-5-3-14(26-16)19(24)22-18-13-11-23(10-8-12(13)7-9-21-18)20(25)15-4-6-17(27-15)29-2/h3-7,9H,8,10-11H2,1-2H3,(H,21,22,24). The normalized spacial score (nSPS) is 13.2. The zero-order chi connectivity index (χ0) is 20.4. The molecule has 29 heavy (non-hydrogen) atoms. The van der Waals surface area contributed by atoms with Crippen LogP contribution in [-0.2, 0) is 13.0 Å². The quantitative estimate of drug-likeness (QED) is 0.609. The minimum Gasteiger partial charge on any atom is -0.445 e. The molecule has 0 saturated carbocycles. The molecule has 0 atom stereocenters. The molecule has 0 fully saturated rings. The van der Waals surface area contributed by atoms with Crippen LogP contribution in [0.5, 0.6) is 0 Å². The van der Waals surface area contributed by atoms with E-state index in [1.165, 1.54) is 23.5 Å². The highest BCUT2D eigenvalue weighted by molar-refractivity contribution is 7.98. The Labute approximate surface area is 176 Å². The molecule has 0 radical (unpaired) electrons. The molecule has 0 aliphatic carbocycles. The van der Waals surface area contributed by atoms with Crippen LogP contribution in [0.2, 0.25) is 0 Å². The van der Waals surface area contributed by atoms with Crippen molar-refractivity contribution in [2.24, 2.45) is 0 Å². The first kappa shape index (κ1) is 19.7. The van der Waals surface area contributed by atoms with Gasteiger partial charge in [0.05, 0.1) is 6.54 Å². The van der Waals surface area contributed by atoms with E-state index in [1.54, 1.807) is 35.4 Å². The van der Waals surface area contributed by atoms with Crippen molar-refractivity contribution < 1.29 is 18.4 Å². The van der Waals surface area contributed by atoms with Crippen LogP contribution >= 0.6 is 23.5 Å². The number of furan rings is 2. The van der Waals surface area contributed by atoms with Gasteiger partial charge in [-0.2, -0.15) is 0 Å². The first-order chi connectivity index (χ1) is 14.1. The van der Waals surface area contributed by atoms with Crippen LogP contribution in [0.1, 0.15) is 32.2 Å². The Hall–Kier alpha value is -2.65. The predicted molar refractivity (Wildman–Crippen MR) is 112 cm³/mol. The van der Waals surface area contributed by atoms with E-state index in [9.17, 15) is 9.59 Å².